The summed E-state index contributed by atoms with van der Waals surface area (Å²) in [6, 6.07) is 15.9. The van der Waals surface area contributed by atoms with E-state index in [1.807, 2.05) is 42.5 Å². The number of para-hydroxylation sites is 2. The molecule has 30 heavy (non-hydrogen) atoms. The second-order valence-electron chi connectivity index (χ2n) is 8.00. The average Bonchev–Trinajstić information content (AvgIpc) is 2.76. The third kappa shape index (κ3) is 4.56. The van der Waals surface area contributed by atoms with Crippen molar-refractivity contribution in [3.8, 4) is 5.75 Å². The van der Waals surface area contributed by atoms with Crippen LogP contribution < -0.4 is 20.3 Å². The average molecular weight is 429 g/mol. The normalized spacial score (nSPS) is 25.1. The molecule has 2 aliphatic heterocycles. The van der Waals surface area contributed by atoms with Gasteiger partial charge >= 0.3 is 0 Å². The lowest BCUT2D eigenvalue weighted by Gasteiger charge is -2.45. The summed E-state index contributed by atoms with van der Waals surface area (Å²) in [5, 5.41) is 7.48. The van der Waals surface area contributed by atoms with Gasteiger partial charge in [-0.3, -0.25) is 15.0 Å². The van der Waals surface area contributed by atoms with Crippen LogP contribution in [0.15, 0.2) is 48.5 Å². The summed E-state index contributed by atoms with van der Waals surface area (Å²) in [6.45, 7) is 5.58. The Morgan fingerprint density at radius 3 is 2.57 bits per heavy atom. The molecule has 2 fully saturated rings. The molecule has 4 rings (SSSR count). The Bertz CT molecular complexity index is 885. The first-order chi connectivity index (χ1) is 14.5. The van der Waals surface area contributed by atoms with Crippen LogP contribution in [0.25, 0.3) is 0 Å². The van der Waals surface area contributed by atoms with E-state index in [0.29, 0.717) is 11.4 Å². The Kier molecular flexibility index (Phi) is 6.46. The zero-order valence-electron chi connectivity index (χ0n) is 17.5. The summed E-state index contributed by atoms with van der Waals surface area (Å²) in [4.78, 5) is 17.5. The van der Waals surface area contributed by atoms with Crippen molar-refractivity contribution < 1.29 is 9.53 Å². The molecule has 2 aromatic rings. The maximum atomic E-state index is 12.9. The van der Waals surface area contributed by atoms with Gasteiger partial charge < -0.3 is 15.0 Å². The van der Waals surface area contributed by atoms with E-state index < -0.39 is 0 Å². The highest BCUT2D eigenvalue weighted by Gasteiger charge is 2.36. The number of anilines is 1. The second-order valence-corrected chi connectivity index (χ2v) is 8.44. The van der Waals surface area contributed by atoms with Crippen LogP contribution in [0.1, 0.15) is 12.5 Å². The molecule has 1 amide bonds. The number of methoxy groups -OCH3 is 1. The highest BCUT2D eigenvalue weighted by atomic mass is 35.5. The quantitative estimate of drug-likeness (QED) is 0.766. The number of carbonyl (C=O) groups is 1. The van der Waals surface area contributed by atoms with Crippen LogP contribution in [0.3, 0.4) is 0 Å². The number of hydrogen-bond donors (Lipinski definition) is 2. The third-order valence-electron chi connectivity index (χ3n) is 6.09. The molecule has 0 saturated carbocycles. The molecule has 2 saturated heterocycles. The molecule has 2 aromatic carbocycles. The van der Waals surface area contributed by atoms with E-state index in [0.717, 1.165) is 43.2 Å². The van der Waals surface area contributed by atoms with Crippen molar-refractivity contribution in [2.24, 2.45) is 5.92 Å². The molecule has 3 unspecified atom stereocenters. The minimum Gasteiger partial charge on any atom is -0.495 e. The van der Waals surface area contributed by atoms with Gasteiger partial charge in [0.25, 0.3) is 0 Å². The maximum Gasteiger partial charge on any atom is 0.227 e. The van der Waals surface area contributed by atoms with E-state index in [1.54, 1.807) is 7.11 Å². The minimum absolute atomic E-state index is 0.0787. The Morgan fingerprint density at radius 2 is 1.87 bits per heavy atom. The first kappa shape index (κ1) is 21.0. The van der Waals surface area contributed by atoms with Crippen LogP contribution in [0, 0.1) is 5.92 Å². The van der Waals surface area contributed by atoms with Crippen molar-refractivity contribution in [1.29, 1.82) is 0 Å². The smallest absolute Gasteiger partial charge is 0.227 e. The number of ether oxygens (including phenoxy) is 1. The van der Waals surface area contributed by atoms with Gasteiger partial charge in [0.1, 0.15) is 12.0 Å². The number of carbonyl (C=O) groups excluding carboxylic acids is 1. The van der Waals surface area contributed by atoms with Gasteiger partial charge in [-0.1, -0.05) is 35.9 Å². The molecule has 6 nitrogen and oxygen atoms in total. The largest absolute Gasteiger partial charge is 0.495 e. The molecule has 160 valence electrons. The SMILES string of the molecule is COc1ccccc1N1CCN(C2NC(=O)C(Cc3cccc(Cl)c3)C(C)N2)CC1. The van der Waals surface area contributed by atoms with Crippen molar-refractivity contribution in [1.82, 2.24) is 15.5 Å². The van der Waals surface area contributed by atoms with E-state index in [1.165, 1.54) is 0 Å². The summed E-state index contributed by atoms with van der Waals surface area (Å²) < 4.78 is 5.50. The summed E-state index contributed by atoms with van der Waals surface area (Å²) in [5.74, 6) is 0.875. The molecule has 0 bridgehead atoms. The highest BCUT2D eigenvalue weighted by Crippen LogP contribution is 2.28. The van der Waals surface area contributed by atoms with Gasteiger partial charge in [0.15, 0.2) is 0 Å². The lowest BCUT2D eigenvalue weighted by Crippen LogP contribution is -2.69. The first-order valence-corrected chi connectivity index (χ1v) is 10.9. The molecule has 2 aliphatic rings. The molecule has 0 aromatic heterocycles. The summed E-state index contributed by atoms with van der Waals surface area (Å²) in [7, 11) is 1.71. The number of nitrogens with zero attached hydrogens (tertiary/aromatic N) is 2. The van der Waals surface area contributed by atoms with Gasteiger partial charge in [-0.2, -0.15) is 0 Å². The van der Waals surface area contributed by atoms with Crippen LogP contribution in [0.4, 0.5) is 5.69 Å². The molecular weight excluding hydrogens is 400 g/mol. The zero-order chi connectivity index (χ0) is 21.1. The topological polar surface area (TPSA) is 56.8 Å². The fourth-order valence-corrected chi connectivity index (χ4v) is 4.58. The van der Waals surface area contributed by atoms with E-state index in [4.69, 9.17) is 16.3 Å². The number of piperazine rings is 1. The second kappa shape index (κ2) is 9.25. The Balaban J connectivity index is 1.35. The molecule has 0 aliphatic carbocycles. The van der Waals surface area contributed by atoms with Crippen molar-refractivity contribution in [2.75, 3.05) is 38.2 Å². The van der Waals surface area contributed by atoms with Crippen LogP contribution in [-0.2, 0) is 11.2 Å². The number of rotatable bonds is 5. The predicted octanol–water partition coefficient (Wildman–Crippen LogP) is 2.72. The Morgan fingerprint density at radius 1 is 1.10 bits per heavy atom. The summed E-state index contributed by atoms with van der Waals surface area (Å²) >= 11 is 6.10. The lowest BCUT2D eigenvalue weighted by atomic mass is 9.90. The fraction of sp³-hybridized carbons (Fsp3) is 0.435. The van der Waals surface area contributed by atoms with Crippen molar-refractivity contribution in [3.05, 3.63) is 59.1 Å². The number of hydrogen-bond acceptors (Lipinski definition) is 5. The molecule has 2 heterocycles. The third-order valence-corrected chi connectivity index (χ3v) is 6.33. The zero-order valence-corrected chi connectivity index (χ0v) is 18.2. The molecule has 7 heteroatoms. The van der Waals surface area contributed by atoms with Crippen LogP contribution >= 0.6 is 11.6 Å². The standard InChI is InChI=1S/C23H29ClN4O2/c1-16-19(15-17-6-5-7-18(24)14-17)22(29)26-23(25-16)28-12-10-27(11-13-28)20-8-3-4-9-21(20)30-2/h3-9,14,16,19,23,25H,10-13,15H2,1-2H3,(H,26,29). The Labute approximate surface area is 183 Å². The number of halogens is 1. The molecule has 0 spiro atoms. The first-order valence-electron chi connectivity index (χ1n) is 10.5. The van der Waals surface area contributed by atoms with Crippen LogP contribution in [0.2, 0.25) is 5.02 Å². The van der Waals surface area contributed by atoms with Gasteiger partial charge in [0, 0.05) is 37.2 Å². The summed E-state index contributed by atoms with van der Waals surface area (Å²) in [5.41, 5.74) is 2.20. The number of nitrogens with one attached hydrogen (secondary N) is 2. The van der Waals surface area contributed by atoms with Crippen LogP contribution in [0.5, 0.6) is 5.75 Å². The summed E-state index contributed by atoms with van der Waals surface area (Å²) in [6.07, 6.45) is 0.539. The van der Waals surface area contributed by atoms with Gasteiger partial charge in [-0.05, 0) is 43.2 Å². The van der Waals surface area contributed by atoms with Gasteiger partial charge in [0.2, 0.25) is 5.91 Å². The minimum atomic E-state index is -0.136. The van der Waals surface area contributed by atoms with Crippen molar-refractivity contribution in [3.63, 3.8) is 0 Å². The number of amides is 1. The predicted molar refractivity (Wildman–Crippen MR) is 120 cm³/mol. The fourth-order valence-electron chi connectivity index (χ4n) is 4.37. The maximum absolute atomic E-state index is 12.9. The van der Waals surface area contributed by atoms with Crippen molar-refractivity contribution >= 4 is 23.2 Å². The highest BCUT2D eigenvalue weighted by molar-refractivity contribution is 6.30. The monoisotopic (exact) mass is 428 g/mol. The number of benzene rings is 2. The van der Waals surface area contributed by atoms with Gasteiger partial charge in [-0.25, -0.2) is 0 Å². The van der Waals surface area contributed by atoms with Gasteiger partial charge in [0.05, 0.1) is 18.7 Å². The molecular formula is C23H29ClN4O2. The van der Waals surface area contributed by atoms with E-state index in [-0.39, 0.29) is 24.2 Å². The molecule has 3 atom stereocenters. The van der Waals surface area contributed by atoms with E-state index >= 15 is 0 Å². The van der Waals surface area contributed by atoms with E-state index in [9.17, 15) is 4.79 Å². The van der Waals surface area contributed by atoms with Crippen molar-refractivity contribution in [2.45, 2.75) is 25.7 Å². The van der Waals surface area contributed by atoms with E-state index in [2.05, 4.69) is 33.4 Å². The van der Waals surface area contributed by atoms with Gasteiger partial charge in [-0.15, -0.1) is 0 Å². The molecule has 0 radical (unpaired) electrons. The van der Waals surface area contributed by atoms with Crippen LogP contribution in [-0.4, -0.2) is 56.4 Å². The lowest BCUT2D eigenvalue weighted by molar-refractivity contribution is -0.132. The molecule has 2 N–H and O–H groups in total. The Hall–Kier alpha value is -2.28.